The lowest BCUT2D eigenvalue weighted by atomic mass is 9.93. The monoisotopic (exact) mass is 294 g/mol. The molecular weight excluding hydrogens is 272 g/mol. The quantitative estimate of drug-likeness (QED) is 0.743. The van der Waals surface area contributed by atoms with Crippen molar-refractivity contribution in [3.8, 4) is 0 Å². The van der Waals surface area contributed by atoms with E-state index >= 15 is 0 Å². The number of ether oxygens (including phenoxy) is 2. The van der Waals surface area contributed by atoms with Gasteiger partial charge in [0.15, 0.2) is 6.10 Å². The second-order valence-electron chi connectivity index (χ2n) is 4.87. The molecule has 0 amide bonds. The predicted octanol–water partition coefficient (Wildman–Crippen LogP) is 2.07. The van der Waals surface area contributed by atoms with Gasteiger partial charge in [0.2, 0.25) is 0 Å². The number of carbonyl (C=O) groups excluding carboxylic acids is 2. The number of esters is 2. The molecule has 0 bridgehead atoms. The second-order valence-corrected chi connectivity index (χ2v) is 4.87. The molecule has 0 fully saturated rings. The average Bonchev–Trinajstić information content (AvgIpc) is 2.52. The molecule has 0 aromatic heterocycles. The highest BCUT2D eigenvalue weighted by atomic mass is 16.5. The van der Waals surface area contributed by atoms with E-state index in [1.54, 1.807) is 0 Å². The van der Waals surface area contributed by atoms with E-state index in [2.05, 4.69) is 4.74 Å². The summed E-state index contributed by atoms with van der Waals surface area (Å²) in [6, 6.07) is 9.34. The Labute approximate surface area is 124 Å². The first-order chi connectivity index (χ1) is 10.1. The number of carbonyl (C=O) groups is 2. The van der Waals surface area contributed by atoms with Crippen molar-refractivity contribution >= 4 is 11.9 Å². The zero-order chi connectivity index (χ0) is 15.7. The van der Waals surface area contributed by atoms with Crippen LogP contribution in [0.5, 0.6) is 0 Å². The summed E-state index contributed by atoms with van der Waals surface area (Å²) >= 11 is 0. The third-order valence-electron chi connectivity index (χ3n) is 3.22. The zero-order valence-corrected chi connectivity index (χ0v) is 12.5. The van der Waals surface area contributed by atoms with Gasteiger partial charge in [-0.3, -0.25) is 4.79 Å². The van der Waals surface area contributed by atoms with Gasteiger partial charge >= 0.3 is 11.9 Å². The van der Waals surface area contributed by atoms with Gasteiger partial charge in [-0.05, 0) is 12.0 Å². The van der Waals surface area contributed by atoms with Crippen molar-refractivity contribution in [1.82, 2.24) is 0 Å². The Bertz CT molecular complexity index is 443. The summed E-state index contributed by atoms with van der Waals surface area (Å²) in [5.74, 6) is -1.63. The van der Waals surface area contributed by atoms with E-state index in [4.69, 9.17) is 4.74 Å². The molecule has 21 heavy (non-hydrogen) atoms. The second kappa shape index (κ2) is 9.13. The maximum absolute atomic E-state index is 11.8. The standard InChI is InChI=1S/C16H22O5/c1-3-7-13(15(18)16(19)20-2)10-14(17)21-11-12-8-5-4-6-9-12/h4-6,8-9,13,15,18H,3,7,10-11H2,1-2H3. The third kappa shape index (κ3) is 5.95. The van der Waals surface area contributed by atoms with Crippen molar-refractivity contribution in [2.75, 3.05) is 7.11 Å². The lowest BCUT2D eigenvalue weighted by Crippen LogP contribution is -2.32. The Morgan fingerprint density at radius 2 is 1.90 bits per heavy atom. The van der Waals surface area contributed by atoms with E-state index in [-0.39, 0.29) is 13.0 Å². The van der Waals surface area contributed by atoms with Gasteiger partial charge in [-0.1, -0.05) is 43.7 Å². The van der Waals surface area contributed by atoms with Gasteiger partial charge in [0, 0.05) is 5.92 Å². The highest BCUT2D eigenvalue weighted by Crippen LogP contribution is 2.18. The first kappa shape index (κ1) is 17.2. The molecule has 116 valence electrons. The van der Waals surface area contributed by atoms with E-state index in [0.29, 0.717) is 6.42 Å². The fraction of sp³-hybridized carbons (Fsp3) is 0.500. The first-order valence-corrected chi connectivity index (χ1v) is 7.04. The minimum absolute atomic E-state index is 0.00304. The van der Waals surface area contributed by atoms with E-state index in [1.165, 1.54) is 7.11 Å². The van der Waals surface area contributed by atoms with Crippen LogP contribution in [-0.4, -0.2) is 30.3 Å². The summed E-state index contributed by atoms with van der Waals surface area (Å²) in [7, 11) is 1.21. The molecule has 1 aromatic carbocycles. The molecule has 0 saturated carbocycles. The summed E-state index contributed by atoms with van der Waals surface area (Å²) in [6.07, 6.45) is 0.0115. The van der Waals surface area contributed by atoms with Crippen LogP contribution in [0.2, 0.25) is 0 Å². The summed E-state index contributed by atoms with van der Waals surface area (Å²) in [6.45, 7) is 2.11. The minimum atomic E-state index is -1.29. The smallest absolute Gasteiger partial charge is 0.334 e. The summed E-state index contributed by atoms with van der Waals surface area (Å²) in [5, 5.41) is 9.86. The molecule has 0 aliphatic heterocycles. The topological polar surface area (TPSA) is 72.8 Å². The number of methoxy groups -OCH3 is 1. The van der Waals surface area contributed by atoms with Gasteiger partial charge in [0.05, 0.1) is 13.5 Å². The summed E-state index contributed by atoms with van der Waals surface area (Å²) in [5.41, 5.74) is 0.895. The predicted molar refractivity (Wildman–Crippen MR) is 77.3 cm³/mol. The van der Waals surface area contributed by atoms with Crippen molar-refractivity contribution in [1.29, 1.82) is 0 Å². The molecule has 2 atom stereocenters. The van der Waals surface area contributed by atoms with Crippen LogP contribution in [0, 0.1) is 5.92 Å². The van der Waals surface area contributed by atoms with Crippen LogP contribution in [0.25, 0.3) is 0 Å². The van der Waals surface area contributed by atoms with Crippen molar-refractivity contribution in [2.24, 2.45) is 5.92 Å². The largest absolute Gasteiger partial charge is 0.467 e. The Balaban J connectivity index is 2.50. The van der Waals surface area contributed by atoms with Gasteiger partial charge in [-0.25, -0.2) is 4.79 Å². The van der Waals surface area contributed by atoms with Gasteiger partial charge in [0.1, 0.15) is 6.61 Å². The molecule has 0 saturated heterocycles. The lowest BCUT2D eigenvalue weighted by Gasteiger charge is -2.19. The number of aliphatic hydroxyl groups is 1. The summed E-state index contributed by atoms with van der Waals surface area (Å²) in [4.78, 5) is 23.2. The molecule has 0 heterocycles. The van der Waals surface area contributed by atoms with Crippen LogP contribution in [0.15, 0.2) is 30.3 Å². The highest BCUT2D eigenvalue weighted by Gasteiger charge is 2.28. The molecule has 0 radical (unpaired) electrons. The van der Waals surface area contributed by atoms with Crippen LogP contribution in [0.3, 0.4) is 0 Å². The number of benzene rings is 1. The molecule has 1 aromatic rings. The first-order valence-electron chi connectivity index (χ1n) is 7.04. The minimum Gasteiger partial charge on any atom is -0.467 e. The van der Waals surface area contributed by atoms with Crippen LogP contribution in [-0.2, 0) is 25.7 Å². The molecule has 1 N–H and O–H groups in total. The molecule has 2 unspecified atom stereocenters. The van der Waals surface area contributed by atoms with E-state index in [9.17, 15) is 14.7 Å². The molecule has 1 rings (SSSR count). The summed E-state index contributed by atoms with van der Waals surface area (Å²) < 4.78 is 9.68. The van der Waals surface area contributed by atoms with Crippen LogP contribution < -0.4 is 0 Å². The fourth-order valence-electron chi connectivity index (χ4n) is 2.07. The Kier molecular flexibility index (Phi) is 7.46. The Morgan fingerprint density at radius 3 is 2.48 bits per heavy atom. The molecule has 0 aliphatic carbocycles. The third-order valence-corrected chi connectivity index (χ3v) is 3.22. The molecule has 5 nitrogen and oxygen atoms in total. The Morgan fingerprint density at radius 1 is 1.24 bits per heavy atom. The Hall–Kier alpha value is -1.88. The maximum atomic E-state index is 11.8. The fourth-order valence-corrected chi connectivity index (χ4v) is 2.07. The normalized spacial score (nSPS) is 13.3. The average molecular weight is 294 g/mol. The van der Waals surface area contributed by atoms with Crippen molar-refractivity contribution in [3.05, 3.63) is 35.9 Å². The lowest BCUT2D eigenvalue weighted by molar-refractivity contribution is -0.156. The van der Waals surface area contributed by atoms with Crippen molar-refractivity contribution in [2.45, 2.75) is 38.9 Å². The maximum Gasteiger partial charge on any atom is 0.334 e. The van der Waals surface area contributed by atoms with Crippen LogP contribution >= 0.6 is 0 Å². The number of rotatable bonds is 8. The molecule has 0 aliphatic rings. The van der Waals surface area contributed by atoms with Gasteiger partial charge in [0.25, 0.3) is 0 Å². The van der Waals surface area contributed by atoms with Gasteiger partial charge < -0.3 is 14.6 Å². The van der Waals surface area contributed by atoms with Crippen molar-refractivity contribution in [3.63, 3.8) is 0 Å². The van der Waals surface area contributed by atoms with Gasteiger partial charge in [-0.2, -0.15) is 0 Å². The van der Waals surface area contributed by atoms with Crippen molar-refractivity contribution < 1.29 is 24.2 Å². The van der Waals surface area contributed by atoms with Crippen LogP contribution in [0.1, 0.15) is 31.7 Å². The number of hydrogen-bond donors (Lipinski definition) is 1. The zero-order valence-electron chi connectivity index (χ0n) is 12.5. The van der Waals surface area contributed by atoms with Gasteiger partial charge in [-0.15, -0.1) is 0 Å². The van der Waals surface area contributed by atoms with E-state index in [1.807, 2.05) is 37.3 Å². The number of aliphatic hydroxyl groups excluding tert-OH is 1. The van der Waals surface area contributed by atoms with E-state index < -0.39 is 24.0 Å². The SMILES string of the molecule is CCCC(CC(=O)OCc1ccccc1)C(O)C(=O)OC. The van der Waals surface area contributed by atoms with Crippen LogP contribution in [0.4, 0.5) is 0 Å². The molecule has 0 spiro atoms. The number of hydrogen-bond acceptors (Lipinski definition) is 5. The molecule has 5 heteroatoms. The van der Waals surface area contributed by atoms with E-state index in [0.717, 1.165) is 12.0 Å². The molecular formula is C16H22O5. The highest BCUT2D eigenvalue weighted by molar-refractivity contribution is 5.76.